The fraction of sp³-hybridized carbons (Fsp3) is 0.682. The van der Waals surface area contributed by atoms with Gasteiger partial charge in [-0.1, -0.05) is 0 Å². The van der Waals surface area contributed by atoms with E-state index in [4.69, 9.17) is 9.72 Å². The third-order valence-corrected chi connectivity index (χ3v) is 7.56. The zero-order valence-corrected chi connectivity index (χ0v) is 17.8. The van der Waals surface area contributed by atoms with Crippen molar-refractivity contribution in [3.63, 3.8) is 0 Å². The summed E-state index contributed by atoms with van der Waals surface area (Å²) in [4.78, 5) is 17.8. The Balaban J connectivity index is 1.36. The van der Waals surface area contributed by atoms with E-state index in [1.54, 1.807) is 13.1 Å². The second-order valence-corrected chi connectivity index (χ2v) is 9.66. The first-order valence-corrected chi connectivity index (χ1v) is 11.4. The first-order chi connectivity index (χ1) is 15.0. The molecule has 4 fully saturated rings. The maximum Gasteiger partial charge on any atom is 0.319 e. The summed E-state index contributed by atoms with van der Waals surface area (Å²) in [6, 6.07) is 1.01. The molecule has 2 unspecified atom stereocenters. The Bertz CT molecular complexity index is 1010. The van der Waals surface area contributed by atoms with Gasteiger partial charge in [-0.05, 0) is 39.2 Å². The first kappa shape index (κ1) is 19.5. The minimum absolute atomic E-state index is 0.168. The number of fused-ring (bicyclic) bond motifs is 4. The minimum atomic E-state index is -0.820. The molecule has 166 valence electrons. The van der Waals surface area contributed by atoms with Crippen molar-refractivity contribution in [2.75, 3.05) is 37.7 Å². The number of ether oxygens (including phenoxy) is 1. The number of aryl methyl sites for hydroxylation is 1. The highest BCUT2D eigenvalue weighted by Gasteiger charge is 2.49. The van der Waals surface area contributed by atoms with Crippen LogP contribution < -0.4 is 15.0 Å². The van der Waals surface area contributed by atoms with E-state index >= 15 is 4.39 Å². The highest BCUT2D eigenvalue weighted by molar-refractivity contribution is 5.90. The van der Waals surface area contributed by atoms with Crippen molar-refractivity contribution >= 4 is 16.7 Å². The molecule has 0 amide bonds. The van der Waals surface area contributed by atoms with Crippen LogP contribution in [0.4, 0.5) is 14.6 Å². The second-order valence-electron chi connectivity index (χ2n) is 9.66. The molecule has 0 spiro atoms. The number of aromatic nitrogens is 3. The quantitative estimate of drug-likeness (QED) is 0.799. The molecule has 2 bridgehead atoms. The molecule has 9 heteroatoms. The lowest BCUT2D eigenvalue weighted by atomic mass is 9.95. The van der Waals surface area contributed by atoms with Crippen LogP contribution in [-0.4, -0.2) is 76.4 Å². The van der Waals surface area contributed by atoms with E-state index < -0.39 is 12.0 Å². The van der Waals surface area contributed by atoms with Crippen LogP contribution in [0.2, 0.25) is 0 Å². The van der Waals surface area contributed by atoms with Crippen molar-refractivity contribution in [2.45, 2.75) is 62.8 Å². The summed E-state index contributed by atoms with van der Waals surface area (Å²) in [7, 11) is 0. The molecule has 0 radical (unpaired) electrons. The number of piperazine rings is 1. The lowest BCUT2D eigenvalue weighted by Crippen LogP contribution is -2.51. The van der Waals surface area contributed by atoms with E-state index in [1.165, 1.54) is 0 Å². The minimum Gasteiger partial charge on any atom is -0.461 e. The summed E-state index contributed by atoms with van der Waals surface area (Å²) in [5.41, 5.74) is 0.257. The molecule has 0 aromatic carbocycles. The number of pyridine rings is 1. The molecular formula is C22H28F2N6O. The van der Waals surface area contributed by atoms with E-state index in [0.29, 0.717) is 48.6 Å². The number of hydrogen-bond acceptors (Lipinski definition) is 7. The highest BCUT2D eigenvalue weighted by atomic mass is 19.1. The number of nitrogens with one attached hydrogen (secondary N) is 1. The van der Waals surface area contributed by atoms with Crippen LogP contribution in [0.3, 0.4) is 0 Å². The van der Waals surface area contributed by atoms with Gasteiger partial charge < -0.3 is 15.0 Å². The van der Waals surface area contributed by atoms with Gasteiger partial charge in [-0.25, -0.2) is 8.78 Å². The van der Waals surface area contributed by atoms with E-state index in [2.05, 4.69) is 25.1 Å². The summed E-state index contributed by atoms with van der Waals surface area (Å²) in [6.45, 7) is 4.97. The standard InChI is InChI=1S/C22H28F2N6O/c1-13-18(24)19-17(8-25-13)20(29-10-15-3-4-16(11-29)26-15)28-21(27-19)31-12-22-5-2-6-30(22)9-14(23)7-22/h8,14-16,26H,2-7,9-12H2,1H3/t14-,15?,16?,22+/m1/s1. The molecule has 0 aliphatic carbocycles. The Morgan fingerprint density at radius 1 is 1.23 bits per heavy atom. The van der Waals surface area contributed by atoms with E-state index in [0.717, 1.165) is 45.3 Å². The zero-order chi connectivity index (χ0) is 21.2. The molecule has 31 heavy (non-hydrogen) atoms. The van der Waals surface area contributed by atoms with Crippen molar-refractivity contribution < 1.29 is 13.5 Å². The third-order valence-electron chi connectivity index (χ3n) is 7.56. The van der Waals surface area contributed by atoms with Gasteiger partial charge >= 0.3 is 6.01 Å². The maximum atomic E-state index is 15.0. The van der Waals surface area contributed by atoms with Crippen molar-refractivity contribution in [3.05, 3.63) is 17.7 Å². The number of halogens is 2. The maximum absolute atomic E-state index is 15.0. The molecule has 6 rings (SSSR count). The fourth-order valence-corrected chi connectivity index (χ4v) is 6.04. The molecule has 7 nitrogen and oxygen atoms in total. The van der Waals surface area contributed by atoms with Gasteiger partial charge in [-0.3, -0.25) is 9.88 Å². The first-order valence-electron chi connectivity index (χ1n) is 11.4. The van der Waals surface area contributed by atoms with Crippen molar-refractivity contribution in [1.82, 2.24) is 25.2 Å². The van der Waals surface area contributed by atoms with E-state index in [-0.39, 0.29) is 17.1 Å². The van der Waals surface area contributed by atoms with Crippen molar-refractivity contribution in [1.29, 1.82) is 0 Å². The Kier molecular flexibility index (Phi) is 4.54. The highest BCUT2D eigenvalue weighted by Crippen LogP contribution is 2.40. The normalized spacial score (nSPS) is 32.7. The molecule has 4 aliphatic rings. The predicted octanol–water partition coefficient (Wildman–Crippen LogP) is 2.37. The molecule has 4 aliphatic heterocycles. The van der Waals surface area contributed by atoms with Crippen LogP contribution in [-0.2, 0) is 0 Å². The Hall–Kier alpha value is -2.13. The van der Waals surface area contributed by atoms with Gasteiger partial charge in [0, 0.05) is 44.3 Å². The zero-order valence-electron chi connectivity index (χ0n) is 17.8. The summed E-state index contributed by atoms with van der Waals surface area (Å²) < 4.78 is 35.2. The number of hydrogen-bond donors (Lipinski definition) is 1. The van der Waals surface area contributed by atoms with Crippen LogP contribution in [0, 0.1) is 12.7 Å². The van der Waals surface area contributed by atoms with Gasteiger partial charge in [0.1, 0.15) is 24.1 Å². The van der Waals surface area contributed by atoms with Crippen LogP contribution in [0.1, 0.15) is 37.8 Å². The topological polar surface area (TPSA) is 66.4 Å². The Morgan fingerprint density at radius 3 is 2.84 bits per heavy atom. The van der Waals surface area contributed by atoms with Crippen LogP contribution >= 0.6 is 0 Å². The number of nitrogens with zero attached hydrogens (tertiary/aromatic N) is 5. The lowest BCUT2D eigenvalue weighted by molar-refractivity contribution is 0.107. The molecule has 4 saturated heterocycles. The SMILES string of the molecule is Cc1ncc2c(N3CC4CCC(C3)N4)nc(OC[C@@]34CCCN3C[C@H](F)C4)nc2c1F. The van der Waals surface area contributed by atoms with E-state index in [9.17, 15) is 4.39 Å². The Labute approximate surface area is 180 Å². The smallest absolute Gasteiger partial charge is 0.319 e. The second kappa shape index (κ2) is 7.20. The van der Waals surface area contributed by atoms with Gasteiger partial charge in [0.2, 0.25) is 0 Å². The van der Waals surface area contributed by atoms with E-state index in [1.807, 2.05) is 0 Å². The number of rotatable bonds is 4. The van der Waals surface area contributed by atoms with Gasteiger partial charge in [0.25, 0.3) is 0 Å². The average molecular weight is 431 g/mol. The summed E-state index contributed by atoms with van der Waals surface area (Å²) >= 11 is 0. The van der Waals surface area contributed by atoms with Crippen LogP contribution in [0.25, 0.3) is 10.9 Å². The largest absolute Gasteiger partial charge is 0.461 e. The van der Waals surface area contributed by atoms with Crippen molar-refractivity contribution in [2.24, 2.45) is 0 Å². The average Bonchev–Trinajstić information content (AvgIpc) is 3.40. The molecule has 2 aromatic rings. The molecule has 0 saturated carbocycles. The lowest BCUT2D eigenvalue weighted by Gasteiger charge is -2.34. The summed E-state index contributed by atoms with van der Waals surface area (Å²) in [5, 5.41) is 4.23. The number of alkyl halides is 1. The molecule has 4 atom stereocenters. The fourth-order valence-electron chi connectivity index (χ4n) is 6.04. The molecular weight excluding hydrogens is 402 g/mol. The van der Waals surface area contributed by atoms with Crippen LogP contribution in [0.15, 0.2) is 6.20 Å². The third kappa shape index (κ3) is 3.24. The molecule has 1 N–H and O–H groups in total. The number of anilines is 1. The molecule has 6 heterocycles. The Morgan fingerprint density at radius 2 is 2.03 bits per heavy atom. The monoisotopic (exact) mass is 430 g/mol. The van der Waals surface area contributed by atoms with Gasteiger partial charge in [-0.2, -0.15) is 9.97 Å². The van der Waals surface area contributed by atoms with Gasteiger partial charge in [-0.15, -0.1) is 0 Å². The van der Waals surface area contributed by atoms with Crippen LogP contribution in [0.5, 0.6) is 6.01 Å². The summed E-state index contributed by atoms with van der Waals surface area (Å²) in [5.74, 6) is 0.245. The van der Waals surface area contributed by atoms with Gasteiger partial charge in [0.05, 0.1) is 16.6 Å². The predicted molar refractivity (Wildman–Crippen MR) is 113 cm³/mol. The van der Waals surface area contributed by atoms with Crippen molar-refractivity contribution in [3.8, 4) is 6.01 Å². The molecule has 2 aromatic heterocycles. The van der Waals surface area contributed by atoms with Gasteiger partial charge in [0.15, 0.2) is 5.82 Å². The summed E-state index contributed by atoms with van der Waals surface area (Å²) in [6.07, 6.45) is 5.56.